The minimum absolute atomic E-state index is 0.107. The van der Waals surface area contributed by atoms with E-state index in [1.165, 1.54) is 19.2 Å². The van der Waals surface area contributed by atoms with Crippen molar-refractivity contribution in [1.82, 2.24) is 10.2 Å². The number of benzene rings is 1. The van der Waals surface area contributed by atoms with Crippen molar-refractivity contribution in [2.45, 2.75) is 0 Å². The molecule has 0 saturated carbocycles. The van der Waals surface area contributed by atoms with E-state index >= 15 is 0 Å². The number of aromatic amines is 1. The molecule has 0 aliphatic heterocycles. The number of halogens is 2. The summed E-state index contributed by atoms with van der Waals surface area (Å²) in [5.74, 6) is -1.44. The molecule has 2 rings (SSSR count). The van der Waals surface area contributed by atoms with E-state index in [4.69, 9.17) is 9.84 Å². The van der Waals surface area contributed by atoms with Crippen LogP contribution in [0.3, 0.4) is 0 Å². The van der Waals surface area contributed by atoms with Crippen molar-refractivity contribution < 1.29 is 19.0 Å². The Balaban J connectivity index is 2.61. The Morgan fingerprint density at radius 3 is 2.83 bits per heavy atom. The van der Waals surface area contributed by atoms with Crippen molar-refractivity contribution in [1.29, 1.82) is 0 Å². The van der Waals surface area contributed by atoms with Gasteiger partial charge in [0.2, 0.25) is 0 Å². The van der Waals surface area contributed by atoms with Gasteiger partial charge >= 0.3 is 5.97 Å². The quantitative estimate of drug-likeness (QED) is 0.913. The summed E-state index contributed by atoms with van der Waals surface area (Å²) in [5, 5.41) is 14.9. The zero-order valence-electron chi connectivity index (χ0n) is 9.20. The monoisotopic (exact) mass is 314 g/mol. The summed E-state index contributed by atoms with van der Waals surface area (Å²) in [6.45, 7) is 0. The molecule has 0 spiro atoms. The molecule has 1 aromatic heterocycles. The number of carbonyl (C=O) groups is 1. The second kappa shape index (κ2) is 4.77. The average Bonchev–Trinajstić information content (AvgIpc) is 2.81. The number of hydrogen-bond donors (Lipinski definition) is 2. The highest BCUT2D eigenvalue weighted by Gasteiger charge is 2.19. The lowest BCUT2D eigenvalue weighted by molar-refractivity contribution is 0.0690. The van der Waals surface area contributed by atoms with Gasteiger partial charge in [0.15, 0.2) is 5.82 Å². The molecule has 0 unspecified atom stereocenters. The Morgan fingerprint density at radius 1 is 1.56 bits per heavy atom. The number of aromatic carboxylic acids is 1. The van der Waals surface area contributed by atoms with Crippen LogP contribution in [0.2, 0.25) is 0 Å². The lowest BCUT2D eigenvalue weighted by atomic mass is 10.1. The van der Waals surface area contributed by atoms with Gasteiger partial charge in [-0.3, -0.25) is 5.10 Å². The molecule has 7 heteroatoms. The molecule has 0 aliphatic carbocycles. The van der Waals surface area contributed by atoms with Crippen molar-refractivity contribution in [2.75, 3.05) is 7.11 Å². The van der Waals surface area contributed by atoms with E-state index in [-0.39, 0.29) is 27.2 Å². The maximum absolute atomic E-state index is 14.0. The number of rotatable bonds is 3. The van der Waals surface area contributed by atoms with E-state index in [1.807, 2.05) is 0 Å². The third-order valence-corrected chi connectivity index (χ3v) is 2.95. The standard InChI is InChI=1S/C11H8BrFN2O3/c1-18-8-3-2-5(12)10(13)9(8)6-4-7(11(16)17)15-14-6/h2-4H,1H3,(H,14,15)(H,16,17). The second-order valence-electron chi connectivity index (χ2n) is 3.41. The van der Waals surface area contributed by atoms with Crippen molar-refractivity contribution in [3.8, 4) is 17.0 Å². The molecule has 1 heterocycles. The molecule has 1 aromatic carbocycles. The molecule has 0 aliphatic rings. The number of carboxylic acid groups (broad SMARTS) is 1. The van der Waals surface area contributed by atoms with Crippen molar-refractivity contribution in [3.63, 3.8) is 0 Å². The molecule has 5 nitrogen and oxygen atoms in total. The van der Waals surface area contributed by atoms with E-state index in [1.54, 1.807) is 6.07 Å². The van der Waals surface area contributed by atoms with Gasteiger partial charge < -0.3 is 9.84 Å². The minimum Gasteiger partial charge on any atom is -0.496 e. The first-order chi connectivity index (χ1) is 8.54. The third kappa shape index (κ3) is 2.08. The Bertz CT molecular complexity index is 612. The third-order valence-electron chi connectivity index (χ3n) is 2.34. The Kier molecular flexibility index (Phi) is 3.33. The van der Waals surface area contributed by atoms with Gasteiger partial charge in [-0.15, -0.1) is 0 Å². The molecule has 94 valence electrons. The highest BCUT2D eigenvalue weighted by molar-refractivity contribution is 9.10. The number of aromatic nitrogens is 2. The van der Waals surface area contributed by atoms with Gasteiger partial charge in [-0.25, -0.2) is 9.18 Å². The van der Waals surface area contributed by atoms with Crippen LogP contribution in [0.25, 0.3) is 11.3 Å². The van der Waals surface area contributed by atoms with Crippen LogP contribution in [0.5, 0.6) is 5.75 Å². The summed E-state index contributed by atoms with van der Waals surface area (Å²) in [6.07, 6.45) is 0. The van der Waals surface area contributed by atoms with E-state index < -0.39 is 11.8 Å². The second-order valence-corrected chi connectivity index (χ2v) is 4.26. The number of H-pyrrole nitrogens is 1. The van der Waals surface area contributed by atoms with E-state index in [2.05, 4.69) is 26.1 Å². The Morgan fingerprint density at radius 2 is 2.28 bits per heavy atom. The summed E-state index contributed by atoms with van der Waals surface area (Å²) in [5.41, 5.74) is 0.158. The normalized spacial score (nSPS) is 10.4. The van der Waals surface area contributed by atoms with E-state index in [0.717, 1.165) is 0 Å². The van der Waals surface area contributed by atoms with Gasteiger partial charge in [0.25, 0.3) is 0 Å². The molecule has 0 fully saturated rings. The number of methoxy groups -OCH3 is 1. The van der Waals surface area contributed by atoms with Gasteiger partial charge in [-0.2, -0.15) is 5.10 Å². The zero-order chi connectivity index (χ0) is 13.3. The smallest absolute Gasteiger partial charge is 0.353 e. The van der Waals surface area contributed by atoms with Gasteiger partial charge in [0.1, 0.15) is 11.4 Å². The SMILES string of the molecule is COc1ccc(Br)c(F)c1-c1cc(C(=O)O)[nH]n1. The fraction of sp³-hybridized carbons (Fsp3) is 0.0909. The molecular weight excluding hydrogens is 307 g/mol. The molecule has 0 saturated heterocycles. The molecule has 2 aromatic rings. The van der Waals surface area contributed by atoms with Crippen LogP contribution >= 0.6 is 15.9 Å². The summed E-state index contributed by atoms with van der Waals surface area (Å²) in [7, 11) is 1.40. The van der Waals surface area contributed by atoms with Gasteiger partial charge in [-0.1, -0.05) is 0 Å². The van der Waals surface area contributed by atoms with E-state index in [9.17, 15) is 9.18 Å². The van der Waals surface area contributed by atoms with Crippen LogP contribution in [-0.2, 0) is 0 Å². The topological polar surface area (TPSA) is 75.2 Å². The number of hydrogen-bond acceptors (Lipinski definition) is 3. The first-order valence-corrected chi connectivity index (χ1v) is 5.65. The van der Waals surface area contributed by atoms with Crippen LogP contribution in [0, 0.1) is 5.82 Å². The van der Waals surface area contributed by atoms with Crippen molar-refractivity contribution in [3.05, 3.63) is 34.2 Å². The predicted molar refractivity (Wildman–Crippen MR) is 65.2 cm³/mol. The highest BCUT2D eigenvalue weighted by Crippen LogP contribution is 2.35. The molecule has 18 heavy (non-hydrogen) atoms. The van der Waals surface area contributed by atoms with Crippen LogP contribution in [0.1, 0.15) is 10.5 Å². The first-order valence-electron chi connectivity index (χ1n) is 4.85. The lowest BCUT2D eigenvalue weighted by Gasteiger charge is -2.08. The molecule has 0 amide bonds. The fourth-order valence-corrected chi connectivity index (χ4v) is 1.83. The lowest BCUT2D eigenvalue weighted by Crippen LogP contribution is -1.95. The molecule has 2 N–H and O–H groups in total. The minimum atomic E-state index is -1.16. The fourth-order valence-electron chi connectivity index (χ4n) is 1.50. The van der Waals surface area contributed by atoms with Crippen LogP contribution in [0.4, 0.5) is 4.39 Å². The summed E-state index contributed by atoms with van der Waals surface area (Å²) in [4.78, 5) is 10.7. The predicted octanol–water partition coefficient (Wildman–Crippen LogP) is 2.69. The van der Waals surface area contributed by atoms with Gasteiger partial charge in [-0.05, 0) is 34.1 Å². The Labute approximate surface area is 110 Å². The largest absolute Gasteiger partial charge is 0.496 e. The van der Waals surface area contributed by atoms with Gasteiger partial charge in [0.05, 0.1) is 22.8 Å². The summed E-state index contributed by atoms with van der Waals surface area (Å²) >= 11 is 3.06. The zero-order valence-corrected chi connectivity index (χ0v) is 10.8. The maximum Gasteiger partial charge on any atom is 0.353 e. The van der Waals surface area contributed by atoms with Gasteiger partial charge in [0, 0.05) is 0 Å². The van der Waals surface area contributed by atoms with Crippen LogP contribution in [-0.4, -0.2) is 28.4 Å². The first kappa shape index (κ1) is 12.6. The van der Waals surface area contributed by atoms with Crippen LogP contribution < -0.4 is 4.74 Å². The molecule has 0 atom stereocenters. The summed E-state index contributed by atoms with van der Waals surface area (Å²) in [6, 6.07) is 4.32. The van der Waals surface area contributed by atoms with Crippen molar-refractivity contribution in [2.24, 2.45) is 0 Å². The number of nitrogens with zero attached hydrogens (tertiary/aromatic N) is 1. The Hall–Kier alpha value is -1.89. The highest BCUT2D eigenvalue weighted by atomic mass is 79.9. The average molecular weight is 315 g/mol. The molecule has 0 bridgehead atoms. The van der Waals surface area contributed by atoms with Crippen LogP contribution in [0.15, 0.2) is 22.7 Å². The maximum atomic E-state index is 14.0. The summed E-state index contributed by atoms with van der Waals surface area (Å²) < 4.78 is 19.3. The van der Waals surface area contributed by atoms with Crippen molar-refractivity contribution >= 4 is 21.9 Å². The molecular formula is C11H8BrFN2O3. The number of ether oxygens (including phenoxy) is 1. The number of nitrogens with one attached hydrogen (secondary N) is 1. The van der Waals surface area contributed by atoms with E-state index in [0.29, 0.717) is 0 Å². The number of carboxylic acids is 1. The molecule has 0 radical (unpaired) electrons.